The summed E-state index contributed by atoms with van der Waals surface area (Å²) in [5.41, 5.74) is 5.88. The van der Waals surface area contributed by atoms with E-state index in [1.165, 1.54) is 26.7 Å². The predicted octanol–water partition coefficient (Wildman–Crippen LogP) is 3.94. The van der Waals surface area contributed by atoms with Gasteiger partial charge >= 0.3 is 0 Å². The van der Waals surface area contributed by atoms with E-state index in [1.807, 2.05) is 0 Å². The summed E-state index contributed by atoms with van der Waals surface area (Å²) in [7, 11) is 0. The third kappa shape index (κ3) is 1.61. The first-order valence-corrected chi connectivity index (χ1v) is 5.96. The van der Waals surface area contributed by atoms with Crippen molar-refractivity contribution in [2.45, 2.75) is 12.8 Å². The molecule has 0 aliphatic heterocycles. The molecule has 0 spiro atoms. The maximum atomic E-state index is 3.53. The molecule has 0 amide bonds. The summed E-state index contributed by atoms with van der Waals surface area (Å²) in [6.45, 7) is 0. The Bertz CT molecular complexity index is 514. The summed E-state index contributed by atoms with van der Waals surface area (Å²) in [6, 6.07) is 15.3. The Balaban J connectivity index is 2.11. The van der Waals surface area contributed by atoms with Gasteiger partial charge in [0.15, 0.2) is 0 Å². The smallest absolute Gasteiger partial charge is 0.0178 e. The minimum atomic E-state index is 1.07. The standard InChI is InChI=1S/C14H11Br/c15-14-6-5-12-7-10-3-1-2-4-11(10)8-13(12)9-14/h1-6,9H,7-8H2. The van der Waals surface area contributed by atoms with E-state index in [-0.39, 0.29) is 0 Å². The van der Waals surface area contributed by atoms with Crippen LogP contribution in [0.1, 0.15) is 22.3 Å². The van der Waals surface area contributed by atoms with Gasteiger partial charge in [0, 0.05) is 4.47 Å². The zero-order chi connectivity index (χ0) is 10.3. The van der Waals surface area contributed by atoms with E-state index in [4.69, 9.17) is 0 Å². The van der Waals surface area contributed by atoms with E-state index < -0.39 is 0 Å². The monoisotopic (exact) mass is 258 g/mol. The topological polar surface area (TPSA) is 0 Å². The molecule has 1 aliphatic carbocycles. The van der Waals surface area contributed by atoms with Gasteiger partial charge in [0.1, 0.15) is 0 Å². The van der Waals surface area contributed by atoms with E-state index in [1.54, 1.807) is 0 Å². The molecule has 0 radical (unpaired) electrons. The highest BCUT2D eigenvalue weighted by molar-refractivity contribution is 9.10. The van der Waals surface area contributed by atoms with Crippen LogP contribution in [0.15, 0.2) is 46.9 Å². The molecule has 0 saturated carbocycles. The Morgan fingerprint density at radius 1 is 0.733 bits per heavy atom. The van der Waals surface area contributed by atoms with Gasteiger partial charge in [-0.05, 0) is 47.2 Å². The molecule has 0 aromatic heterocycles. The summed E-state index contributed by atoms with van der Waals surface area (Å²) >= 11 is 3.53. The lowest BCUT2D eigenvalue weighted by Gasteiger charge is -2.19. The van der Waals surface area contributed by atoms with Gasteiger partial charge in [-0.25, -0.2) is 0 Å². The number of halogens is 1. The molecule has 0 N–H and O–H groups in total. The van der Waals surface area contributed by atoms with Gasteiger partial charge in [0.25, 0.3) is 0 Å². The van der Waals surface area contributed by atoms with Crippen molar-refractivity contribution >= 4 is 15.9 Å². The first-order chi connectivity index (χ1) is 7.33. The number of hydrogen-bond donors (Lipinski definition) is 0. The molecular weight excluding hydrogens is 248 g/mol. The molecule has 0 saturated heterocycles. The number of fused-ring (bicyclic) bond motifs is 2. The summed E-state index contributed by atoms with van der Waals surface area (Å²) in [4.78, 5) is 0. The van der Waals surface area contributed by atoms with E-state index in [9.17, 15) is 0 Å². The Morgan fingerprint density at radius 3 is 2.07 bits per heavy atom. The van der Waals surface area contributed by atoms with Crippen molar-refractivity contribution in [1.29, 1.82) is 0 Å². The highest BCUT2D eigenvalue weighted by Gasteiger charge is 2.14. The summed E-state index contributed by atoms with van der Waals surface area (Å²) in [5.74, 6) is 0. The average molecular weight is 259 g/mol. The second kappa shape index (κ2) is 3.49. The molecular formula is C14H11Br. The Hall–Kier alpha value is -1.08. The summed E-state index contributed by atoms with van der Waals surface area (Å²) in [5, 5.41) is 0. The number of rotatable bonds is 0. The van der Waals surface area contributed by atoms with Crippen molar-refractivity contribution in [3.63, 3.8) is 0 Å². The summed E-state index contributed by atoms with van der Waals surface area (Å²) < 4.78 is 1.18. The molecule has 2 aromatic carbocycles. The van der Waals surface area contributed by atoms with Crippen molar-refractivity contribution in [2.75, 3.05) is 0 Å². The van der Waals surface area contributed by atoms with Crippen molar-refractivity contribution in [3.05, 3.63) is 69.2 Å². The summed E-state index contributed by atoms with van der Waals surface area (Å²) in [6.07, 6.45) is 2.16. The lowest BCUT2D eigenvalue weighted by molar-refractivity contribution is 0.999. The lowest BCUT2D eigenvalue weighted by atomic mass is 9.86. The van der Waals surface area contributed by atoms with Gasteiger partial charge in [-0.3, -0.25) is 0 Å². The van der Waals surface area contributed by atoms with Crippen LogP contribution in [-0.4, -0.2) is 0 Å². The molecule has 3 rings (SSSR count). The number of hydrogen-bond acceptors (Lipinski definition) is 0. The van der Waals surface area contributed by atoms with Crippen molar-refractivity contribution in [3.8, 4) is 0 Å². The van der Waals surface area contributed by atoms with Crippen LogP contribution in [0.4, 0.5) is 0 Å². The van der Waals surface area contributed by atoms with Crippen LogP contribution >= 0.6 is 15.9 Å². The first-order valence-electron chi connectivity index (χ1n) is 5.17. The SMILES string of the molecule is Brc1ccc2c(c1)Cc1ccccc1C2. The minimum absolute atomic E-state index is 1.07. The molecule has 1 aliphatic rings. The fourth-order valence-electron chi connectivity index (χ4n) is 2.24. The maximum Gasteiger partial charge on any atom is 0.0178 e. The fourth-order valence-corrected chi connectivity index (χ4v) is 2.65. The van der Waals surface area contributed by atoms with E-state index in [0.717, 1.165) is 12.8 Å². The zero-order valence-electron chi connectivity index (χ0n) is 8.33. The van der Waals surface area contributed by atoms with Crippen LogP contribution in [0.2, 0.25) is 0 Å². The van der Waals surface area contributed by atoms with Gasteiger partial charge in [-0.2, -0.15) is 0 Å². The second-order valence-electron chi connectivity index (χ2n) is 4.04. The van der Waals surface area contributed by atoms with E-state index >= 15 is 0 Å². The van der Waals surface area contributed by atoms with Crippen LogP contribution in [0, 0.1) is 0 Å². The Labute approximate surface area is 98.1 Å². The Morgan fingerprint density at radius 2 is 1.33 bits per heavy atom. The molecule has 1 heteroatoms. The van der Waals surface area contributed by atoms with Crippen LogP contribution < -0.4 is 0 Å². The highest BCUT2D eigenvalue weighted by atomic mass is 79.9. The lowest BCUT2D eigenvalue weighted by Crippen LogP contribution is -2.06. The normalized spacial score (nSPS) is 13.1. The van der Waals surface area contributed by atoms with Crippen molar-refractivity contribution < 1.29 is 0 Å². The molecule has 15 heavy (non-hydrogen) atoms. The number of benzene rings is 2. The Kier molecular flexibility index (Phi) is 2.14. The minimum Gasteiger partial charge on any atom is -0.0620 e. The first kappa shape index (κ1) is 9.17. The largest absolute Gasteiger partial charge is 0.0620 e. The molecule has 0 fully saturated rings. The third-order valence-corrected chi connectivity index (χ3v) is 3.54. The van der Waals surface area contributed by atoms with Crippen LogP contribution in [0.25, 0.3) is 0 Å². The van der Waals surface area contributed by atoms with Crippen LogP contribution in [-0.2, 0) is 12.8 Å². The zero-order valence-corrected chi connectivity index (χ0v) is 9.92. The molecule has 0 unspecified atom stereocenters. The quantitative estimate of drug-likeness (QED) is 0.573. The van der Waals surface area contributed by atoms with E-state index in [2.05, 4.69) is 58.4 Å². The van der Waals surface area contributed by atoms with Crippen LogP contribution in [0.3, 0.4) is 0 Å². The average Bonchev–Trinajstić information content (AvgIpc) is 2.26. The second-order valence-corrected chi connectivity index (χ2v) is 4.95. The third-order valence-electron chi connectivity index (χ3n) is 3.05. The molecule has 0 heterocycles. The molecule has 0 bridgehead atoms. The van der Waals surface area contributed by atoms with E-state index in [0.29, 0.717) is 0 Å². The van der Waals surface area contributed by atoms with Gasteiger partial charge in [0.05, 0.1) is 0 Å². The molecule has 0 atom stereocenters. The van der Waals surface area contributed by atoms with Crippen LogP contribution in [0.5, 0.6) is 0 Å². The van der Waals surface area contributed by atoms with Gasteiger partial charge in [0.2, 0.25) is 0 Å². The van der Waals surface area contributed by atoms with Gasteiger partial charge in [-0.1, -0.05) is 46.3 Å². The van der Waals surface area contributed by atoms with Gasteiger partial charge < -0.3 is 0 Å². The molecule has 74 valence electrons. The molecule has 0 nitrogen and oxygen atoms in total. The van der Waals surface area contributed by atoms with Gasteiger partial charge in [-0.15, -0.1) is 0 Å². The van der Waals surface area contributed by atoms with Crippen molar-refractivity contribution in [2.24, 2.45) is 0 Å². The fraction of sp³-hybridized carbons (Fsp3) is 0.143. The van der Waals surface area contributed by atoms with Crippen molar-refractivity contribution in [1.82, 2.24) is 0 Å². The predicted molar refractivity (Wildman–Crippen MR) is 66.2 cm³/mol. The molecule has 2 aromatic rings. The maximum absolute atomic E-state index is 3.53. The highest BCUT2D eigenvalue weighted by Crippen LogP contribution is 2.28.